The van der Waals surface area contributed by atoms with Crippen molar-refractivity contribution < 1.29 is 4.79 Å². The fraction of sp³-hybridized carbons (Fsp3) is 0.400. The van der Waals surface area contributed by atoms with Crippen molar-refractivity contribution in [3.05, 3.63) is 12.7 Å². The molecule has 2 heterocycles. The normalized spacial score (nSPS) is 9.53. The largest absolute Gasteiger partial charge is 0.329 e. The minimum atomic E-state index is -0.0889. The van der Waals surface area contributed by atoms with E-state index in [4.69, 9.17) is 0 Å². The molecule has 106 valence electrons. The van der Waals surface area contributed by atoms with E-state index in [-0.39, 0.29) is 30.7 Å². The van der Waals surface area contributed by atoms with Crippen LogP contribution in [0.3, 0.4) is 0 Å². The average Bonchev–Trinajstić information content (AvgIpc) is 2.78. The quantitative estimate of drug-likeness (QED) is 0.720. The Labute approximate surface area is 122 Å². The van der Waals surface area contributed by atoms with E-state index in [2.05, 4.69) is 30.6 Å². The van der Waals surface area contributed by atoms with Gasteiger partial charge in [-0.1, -0.05) is 6.92 Å². The summed E-state index contributed by atoms with van der Waals surface area (Å²) >= 11 is 0. The van der Waals surface area contributed by atoms with Crippen LogP contribution >= 0.6 is 24.8 Å². The number of nitrogens with one attached hydrogen (secondary N) is 3. The number of carbonyl (C=O) groups excluding carboxylic acids is 1. The second kappa shape index (κ2) is 8.63. The van der Waals surface area contributed by atoms with Crippen LogP contribution in [-0.2, 0) is 4.79 Å². The lowest BCUT2D eigenvalue weighted by atomic mass is 10.4. The van der Waals surface area contributed by atoms with Gasteiger partial charge in [-0.25, -0.2) is 15.0 Å². The first-order valence-corrected chi connectivity index (χ1v) is 5.46. The molecular weight excluding hydrogens is 291 g/mol. The van der Waals surface area contributed by atoms with E-state index in [0.29, 0.717) is 29.9 Å². The monoisotopic (exact) mass is 306 g/mol. The first kappa shape index (κ1) is 17.6. The highest BCUT2D eigenvalue weighted by Crippen LogP contribution is 2.14. The molecule has 0 bridgehead atoms. The number of amides is 1. The Morgan fingerprint density at radius 2 is 2.11 bits per heavy atom. The number of halogens is 2. The summed E-state index contributed by atoms with van der Waals surface area (Å²) in [6.07, 6.45) is 3.32. The predicted octanol–water partition coefficient (Wildman–Crippen LogP) is 1.13. The molecule has 0 spiro atoms. The summed E-state index contributed by atoms with van der Waals surface area (Å²) in [5.41, 5.74) is 1.19. The molecule has 2 aromatic heterocycles. The summed E-state index contributed by atoms with van der Waals surface area (Å²) in [4.78, 5) is 26.5. The van der Waals surface area contributed by atoms with Gasteiger partial charge >= 0.3 is 0 Å². The van der Waals surface area contributed by atoms with Crippen molar-refractivity contribution in [2.75, 3.05) is 18.4 Å². The van der Waals surface area contributed by atoms with E-state index in [9.17, 15) is 4.79 Å². The number of anilines is 1. The summed E-state index contributed by atoms with van der Waals surface area (Å²) in [6, 6.07) is 0. The first-order chi connectivity index (χ1) is 8.31. The number of aromatic nitrogens is 4. The number of fused-ring (bicyclic) bond motifs is 1. The second-order valence-corrected chi connectivity index (χ2v) is 3.47. The molecular formula is C10H16Cl2N6O. The minimum absolute atomic E-state index is 0. The number of hydrogen-bond donors (Lipinski definition) is 3. The number of imidazole rings is 1. The number of aromatic amines is 1. The summed E-state index contributed by atoms with van der Waals surface area (Å²) < 4.78 is 0. The fourth-order valence-corrected chi connectivity index (χ4v) is 1.43. The number of H-pyrrole nitrogens is 1. The SMILES string of the molecule is CCNCCC(=O)Nc1ncnc2[nH]cnc12.Cl.Cl. The lowest BCUT2D eigenvalue weighted by molar-refractivity contribution is -0.116. The maximum atomic E-state index is 11.6. The minimum Gasteiger partial charge on any atom is -0.329 e. The molecule has 0 atom stereocenters. The summed E-state index contributed by atoms with van der Waals surface area (Å²) in [7, 11) is 0. The third-order valence-corrected chi connectivity index (χ3v) is 2.25. The Bertz CT molecular complexity index is 517. The zero-order valence-electron chi connectivity index (χ0n) is 10.3. The van der Waals surface area contributed by atoms with Gasteiger partial charge in [0.15, 0.2) is 17.0 Å². The van der Waals surface area contributed by atoms with Gasteiger partial charge in [0.1, 0.15) is 6.33 Å². The topological polar surface area (TPSA) is 95.6 Å². The molecule has 0 saturated heterocycles. The molecule has 1 amide bonds. The smallest absolute Gasteiger partial charge is 0.226 e. The van der Waals surface area contributed by atoms with E-state index in [0.717, 1.165) is 6.54 Å². The molecule has 2 aromatic rings. The van der Waals surface area contributed by atoms with Gasteiger partial charge in [0.2, 0.25) is 5.91 Å². The van der Waals surface area contributed by atoms with Crippen molar-refractivity contribution in [1.29, 1.82) is 0 Å². The Morgan fingerprint density at radius 1 is 1.32 bits per heavy atom. The van der Waals surface area contributed by atoms with Crippen LogP contribution in [0, 0.1) is 0 Å². The molecule has 7 nitrogen and oxygen atoms in total. The van der Waals surface area contributed by atoms with Gasteiger partial charge in [-0.2, -0.15) is 0 Å². The third kappa shape index (κ3) is 4.62. The molecule has 0 aliphatic heterocycles. The van der Waals surface area contributed by atoms with Crippen molar-refractivity contribution in [3.63, 3.8) is 0 Å². The molecule has 0 radical (unpaired) electrons. The van der Waals surface area contributed by atoms with Gasteiger partial charge in [0, 0.05) is 13.0 Å². The zero-order chi connectivity index (χ0) is 12.1. The molecule has 0 fully saturated rings. The molecule has 3 N–H and O–H groups in total. The van der Waals surface area contributed by atoms with Gasteiger partial charge < -0.3 is 15.6 Å². The van der Waals surface area contributed by atoms with E-state index < -0.39 is 0 Å². The van der Waals surface area contributed by atoms with Crippen LogP contribution in [0.15, 0.2) is 12.7 Å². The molecule has 0 unspecified atom stereocenters. The van der Waals surface area contributed by atoms with Crippen LogP contribution in [-0.4, -0.2) is 38.9 Å². The molecule has 0 saturated carbocycles. The Morgan fingerprint density at radius 3 is 2.84 bits per heavy atom. The van der Waals surface area contributed by atoms with Crippen LogP contribution in [0.2, 0.25) is 0 Å². The lowest BCUT2D eigenvalue weighted by Gasteiger charge is -2.04. The Balaban J connectivity index is 0.00000162. The first-order valence-electron chi connectivity index (χ1n) is 5.46. The summed E-state index contributed by atoms with van der Waals surface area (Å²) in [5.74, 6) is 0.353. The van der Waals surface area contributed by atoms with Crippen LogP contribution in [0.1, 0.15) is 13.3 Å². The number of hydrogen-bond acceptors (Lipinski definition) is 5. The van der Waals surface area contributed by atoms with Gasteiger partial charge in [-0.05, 0) is 6.54 Å². The van der Waals surface area contributed by atoms with Gasteiger partial charge in [0.25, 0.3) is 0 Å². The lowest BCUT2D eigenvalue weighted by Crippen LogP contribution is -2.21. The maximum Gasteiger partial charge on any atom is 0.226 e. The molecule has 0 aromatic carbocycles. The molecule has 2 rings (SSSR count). The highest BCUT2D eigenvalue weighted by molar-refractivity contribution is 5.96. The van der Waals surface area contributed by atoms with Crippen molar-refractivity contribution in [3.8, 4) is 0 Å². The summed E-state index contributed by atoms with van der Waals surface area (Å²) in [6.45, 7) is 3.50. The standard InChI is InChI=1S/C10H14N6O.2ClH/c1-2-11-4-3-7(17)16-10-8-9(13-5-12-8)14-6-15-10;;/h5-6,11H,2-4H2,1H3,(H2,12,13,14,15,16,17);2*1H. The van der Waals surface area contributed by atoms with Crippen LogP contribution < -0.4 is 10.6 Å². The molecule has 0 aliphatic rings. The van der Waals surface area contributed by atoms with Crippen molar-refractivity contribution in [2.45, 2.75) is 13.3 Å². The molecule has 0 aliphatic carbocycles. The number of carbonyl (C=O) groups is 1. The summed E-state index contributed by atoms with van der Waals surface area (Å²) in [5, 5.41) is 5.80. The number of nitrogens with zero attached hydrogens (tertiary/aromatic N) is 3. The second-order valence-electron chi connectivity index (χ2n) is 3.47. The van der Waals surface area contributed by atoms with Crippen LogP contribution in [0.5, 0.6) is 0 Å². The Kier molecular flexibility index (Phi) is 7.97. The van der Waals surface area contributed by atoms with Crippen molar-refractivity contribution in [1.82, 2.24) is 25.3 Å². The van der Waals surface area contributed by atoms with Crippen molar-refractivity contribution in [2.24, 2.45) is 0 Å². The van der Waals surface area contributed by atoms with Gasteiger partial charge in [-0.15, -0.1) is 24.8 Å². The molecule has 9 heteroatoms. The van der Waals surface area contributed by atoms with E-state index in [1.54, 1.807) is 0 Å². The van der Waals surface area contributed by atoms with Crippen molar-refractivity contribution >= 4 is 47.7 Å². The third-order valence-electron chi connectivity index (χ3n) is 2.25. The van der Waals surface area contributed by atoms with Crippen LogP contribution in [0.25, 0.3) is 11.2 Å². The van der Waals surface area contributed by atoms with Crippen LogP contribution in [0.4, 0.5) is 5.82 Å². The highest BCUT2D eigenvalue weighted by atomic mass is 35.5. The van der Waals surface area contributed by atoms with E-state index in [1.807, 2.05) is 6.92 Å². The van der Waals surface area contributed by atoms with Gasteiger partial charge in [-0.3, -0.25) is 4.79 Å². The maximum absolute atomic E-state index is 11.6. The van der Waals surface area contributed by atoms with E-state index in [1.165, 1.54) is 12.7 Å². The number of rotatable bonds is 5. The molecule has 19 heavy (non-hydrogen) atoms. The van der Waals surface area contributed by atoms with E-state index >= 15 is 0 Å². The highest BCUT2D eigenvalue weighted by Gasteiger charge is 2.08. The predicted molar refractivity (Wildman–Crippen MR) is 78.0 cm³/mol. The fourth-order valence-electron chi connectivity index (χ4n) is 1.43. The van der Waals surface area contributed by atoms with Gasteiger partial charge in [0.05, 0.1) is 6.33 Å². The average molecular weight is 307 g/mol. The zero-order valence-corrected chi connectivity index (χ0v) is 12.0. The Hall–Kier alpha value is -1.44.